The number of aryl methyl sites for hydroxylation is 1. The minimum Gasteiger partial charge on any atom is -0.352 e. The number of aromatic nitrogens is 2. The molecule has 0 fully saturated rings. The molecular formula is C21H21FN4O. The Morgan fingerprint density at radius 1 is 1.04 bits per heavy atom. The Morgan fingerprint density at radius 2 is 1.78 bits per heavy atom. The van der Waals surface area contributed by atoms with E-state index in [0.29, 0.717) is 30.0 Å². The molecule has 0 atom stereocenters. The zero-order valence-corrected chi connectivity index (χ0v) is 15.3. The molecule has 2 N–H and O–H groups in total. The third-order valence-corrected chi connectivity index (χ3v) is 4.40. The molecule has 2 aromatic carbocycles. The molecule has 1 heterocycles. The molecule has 138 valence electrons. The Labute approximate surface area is 157 Å². The fraction of sp³-hybridized carbons (Fsp3) is 0.190. The Kier molecular flexibility index (Phi) is 5.76. The van der Waals surface area contributed by atoms with Gasteiger partial charge in [-0.1, -0.05) is 30.3 Å². The van der Waals surface area contributed by atoms with Gasteiger partial charge in [-0.3, -0.25) is 4.79 Å². The maximum Gasteiger partial charge on any atom is 0.254 e. The first-order valence-electron chi connectivity index (χ1n) is 8.71. The van der Waals surface area contributed by atoms with Crippen LogP contribution >= 0.6 is 0 Å². The molecule has 3 aromatic rings. The molecule has 0 bridgehead atoms. The minimum absolute atomic E-state index is 0.267. The average molecular weight is 364 g/mol. The third-order valence-electron chi connectivity index (χ3n) is 4.40. The van der Waals surface area contributed by atoms with Gasteiger partial charge in [0.2, 0.25) is 5.95 Å². The van der Waals surface area contributed by atoms with Crippen LogP contribution in [0.3, 0.4) is 0 Å². The predicted octanol–water partition coefficient (Wildman–Crippen LogP) is 3.95. The van der Waals surface area contributed by atoms with Gasteiger partial charge in [0.1, 0.15) is 5.82 Å². The monoisotopic (exact) mass is 364 g/mol. The van der Waals surface area contributed by atoms with Gasteiger partial charge in [-0.15, -0.1) is 0 Å². The van der Waals surface area contributed by atoms with Crippen LogP contribution in [0, 0.1) is 19.7 Å². The lowest BCUT2D eigenvalue weighted by atomic mass is 10.1. The molecule has 3 rings (SSSR count). The lowest BCUT2D eigenvalue weighted by molar-refractivity contribution is 0.0953. The van der Waals surface area contributed by atoms with Crippen LogP contribution in [0.2, 0.25) is 0 Å². The van der Waals surface area contributed by atoms with E-state index in [4.69, 9.17) is 0 Å². The molecule has 1 aromatic heterocycles. The van der Waals surface area contributed by atoms with Crippen molar-refractivity contribution < 1.29 is 9.18 Å². The van der Waals surface area contributed by atoms with E-state index in [1.807, 2.05) is 32.0 Å². The van der Waals surface area contributed by atoms with Gasteiger partial charge < -0.3 is 10.6 Å². The first-order chi connectivity index (χ1) is 13.0. The molecule has 0 saturated carbocycles. The van der Waals surface area contributed by atoms with E-state index in [-0.39, 0.29) is 11.7 Å². The average Bonchev–Trinajstić information content (AvgIpc) is 2.67. The van der Waals surface area contributed by atoms with Gasteiger partial charge in [-0.25, -0.2) is 14.4 Å². The summed E-state index contributed by atoms with van der Waals surface area (Å²) >= 11 is 0. The fourth-order valence-electron chi connectivity index (χ4n) is 2.63. The van der Waals surface area contributed by atoms with Crippen molar-refractivity contribution in [3.8, 4) is 0 Å². The van der Waals surface area contributed by atoms with E-state index >= 15 is 0 Å². The summed E-state index contributed by atoms with van der Waals surface area (Å²) in [4.78, 5) is 20.6. The van der Waals surface area contributed by atoms with Gasteiger partial charge in [0.25, 0.3) is 5.91 Å². The van der Waals surface area contributed by atoms with Crippen LogP contribution in [0.5, 0.6) is 0 Å². The molecule has 27 heavy (non-hydrogen) atoms. The van der Waals surface area contributed by atoms with Crippen molar-refractivity contribution in [3.05, 3.63) is 82.9 Å². The highest BCUT2D eigenvalue weighted by Crippen LogP contribution is 2.20. The molecule has 0 unspecified atom stereocenters. The largest absolute Gasteiger partial charge is 0.352 e. The molecule has 0 spiro atoms. The molecule has 0 aliphatic heterocycles. The molecule has 0 saturated heterocycles. The van der Waals surface area contributed by atoms with Gasteiger partial charge in [0, 0.05) is 24.6 Å². The highest BCUT2D eigenvalue weighted by Gasteiger charge is 2.09. The van der Waals surface area contributed by atoms with Crippen molar-refractivity contribution in [1.82, 2.24) is 15.3 Å². The van der Waals surface area contributed by atoms with E-state index in [0.717, 1.165) is 11.3 Å². The number of nitrogens with one attached hydrogen (secondary N) is 2. The zero-order chi connectivity index (χ0) is 19.2. The van der Waals surface area contributed by atoms with E-state index in [1.165, 1.54) is 24.0 Å². The number of hydrogen-bond donors (Lipinski definition) is 2. The number of halogens is 1. The second-order valence-electron chi connectivity index (χ2n) is 6.27. The van der Waals surface area contributed by atoms with Crippen LogP contribution in [0.4, 0.5) is 16.0 Å². The summed E-state index contributed by atoms with van der Waals surface area (Å²) in [5, 5.41) is 5.91. The predicted molar refractivity (Wildman–Crippen MR) is 104 cm³/mol. The van der Waals surface area contributed by atoms with Crippen molar-refractivity contribution in [1.29, 1.82) is 0 Å². The summed E-state index contributed by atoms with van der Waals surface area (Å²) in [5.74, 6) is -0.131. The molecule has 0 aliphatic rings. The first kappa shape index (κ1) is 18.5. The number of carbonyl (C=O) groups excluding carboxylic acids is 1. The van der Waals surface area contributed by atoms with Gasteiger partial charge in [0.05, 0.1) is 5.56 Å². The highest BCUT2D eigenvalue weighted by atomic mass is 19.1. The fourth-order valence-corrected chi connectivity index (χ4v) is 2.63. The molecule has 0 aliphatic carbocycles. The molecular weight excluding hydrogens is 343 g/mol. The lowest BCUT2D eigenvalue weighted by Crippen LogP contribution is -2.26. The van der Waals surface area contributed by atoms with E-state index in [2.05, 4.69) is 20.6 Å². The van der Waals surface area contributed by atoms with Crippen molar-refractivity contribution in [3.63, 3.8) is 0 Å². The highest BCUT2D eigenvalue weighted by molar-refractivity contribution is 5.93. The number of amides is 1. The summed E-state index contributed by atoms with van der Waals surface area (Å²) in [6.45, 7) is 4.40. The first-order valence-corrected chi connectivity index (χ1v) is 8.71. The van der Waals surface area contributed by atoms with Crippen LogP contribution in [0.1, 0.15) is 27.0 Å². The standard InChI is InChI=1S/C21H21FN4O/c1-14-6-5-9-19(15(14)2)26-21-24-12-17(13-25-21)20(27)23-11-10-16-7-3-4-8-18(16)22/h3-9,12-13H,10-11H2,1-2H3,(H,23,27)(H,24,25,26). The van der Waals surface area contributed by atoms with Crippen LogP contribution in [0.25, 0.3) is 0 Å². The second-order valence-corrected chi connectivity index (χ2v) is 6.27. The smallest absolute Gasteiger partial charge is 0.254 e. The quantitative estimate of drug-likeness (QED) is 0.695. The topological polar surface area (TPSA) is 66.9 Å². The van der Waals surface area contributed by atoms with Crippen LogP contribution < -0.4 is 10.6 Å². The number of nitrogens with zero attached hydrogens (tertiary/aromatic N) is 2. The Morgan fingerprint density at radius 3 is 2.52 bits per heavy atom. The second kappa shape index (κ2) is 8.40. The summed E-state index contributed by atoms with van der Waals surface area (Å²) in [5.41, 5.74) is 4.15. The number of carbonyl (C=O) groups is 1. The summed E-state index contributed by atoms with van der Waals surface area (Å²) in [7, 11) is 0. The number of anilines is 2. The number of rotatable bonds is 6. The van der Waals surface area contributed by atoms with Crippen molar-refractivity contribution in [2.75, 3.05) is 11.9 Å². The lowest BCUT2D eigenvalue weighted by Gasteiger charge is -2.10. The summed E-state index contributed by atoms with van der Waals surface area (Å²) < 4.78 is 13.6. The van der Waals surface area contributed by atoms with Crippen molar-refractivity contribution >= 4 is 17.5 Å². The summed E-state index contributed by atoms with van der Waals surface area (Å²) in [6, 6.07) is 12.5. The van der Waals surface area contributed by atoms with Crippen LogP contribution in [-0.4, -0.2) is 22.4 Å². The SMILES string of the molecule is Cc1cccc(Nc2ncc(C(=O)NCCc3ccccc3F)cn2)c1C. The van der Waals surface area contributed by atoms with Crippen molar-refractivity contribution in [2.45, 2.75) is 20.3 Å². The maximum atomic E-state index is 13.6. The van der Waals surface area contributed by atoms with Crippen LogP contribution in [-0.2, 0) is 6.42 Å². The van der Waals surface area contributed by atoms with Crippen molar-refractivity contribution in [2.24, 2.45) is 0 Å². The van der Waals surface area contributed by atoms with Gasteiger partial charge >= 0.3 is 0 Å². The Bertz CT molecular complexity index is 941. The maximum absolute atomic E-state index is 13.6. The number of benzene rings is 2. The van der Waals surface area contributed by atoms with E-state index in [1.54, 1.807) is 18.2 Å². The van der Waals surface area contributed by atoms with Gasteiger partial charge in [-0.2, -0.15) is 0 Å². The zero-order valence-electron chi connectivity index (χ0n) is 15.3. The number of hydrogen-bond acceptors (Lipinski definition) is 4. The molecule has 6 heteroatoms. The van der Waals surface area contributed by atoms with Gasteiger partial charge in [-0.05, 0) is 49.1 Å². The van der Waals surface area contributed by atoms with E-state index < -0.39 is 0 Å². The minimum atomic E-state index is -0.287. The molecule has 5 nitrogen and oxygen atoms in total. The van der Waals surface area contributed by atoms with E-state index in [9.17, 15) is 9.18 Å². The van der Waals surface area contributed by atoms with Crippen LogP contribution in [0.15, 0.2) is 54.9 Å². The van der Waals surface area contributed by atoms with Gasteiger partial charge in [0.15, 0.2) is 0 Å². The molecule has 1 amide bonds. The third kappa shape index (κ3) is 4.67. The Hall–Kier alpha value is -3.28. The molecule has 0 radical (unpaired) electrons. The normalized spacial score (nSPS) is 10.5. The summed E-state index contributed by atoms with van der Waals surface area (Å²) in [6.07, 6.45) is 3.36. The Balaban J connectivity index is 1.57.